The highest BCUT2D eigenvalue weighted by Gasteiger charge is 2.30. The predicted octanol–water partition coefficient (Wildman–Crippen LogP) is 4.14. The van der Waals surface area contributed by atoms with Crippen LogP contribution in [0, 0.1) is 0 Å². The predicted molar refractivity (Wildman–Crippen MR) is 78.5 cm³/mol. The quantitative estimate of drug-likeness (QED) is 0.592. The molecule has 0 spiro atoms. The molecule has 0 aliphatic rings. The van der Waals surface area contributed by atoms with E-state index in [1.807, 2.05) is 12.1 Å². The van der Waals surface area contributed by atoms with Gasteiger partial charge in [0.05, 0.1) is 13.3 Å². The molecule has 0 atom stereocenters. The summed E-state index contributed by atoms with van der Waals surface area (Å²) in [7, 11) is 1.58. The highest BCUT2D eigenvalue weighted by atomic mass is 19.4. The first-order valence-corrected chi connectivity index (χ1v) is 6.60. The third-order valence-corrected chi connectivity index (χ3v) is 2.78. The fraction of sp³-hybridized carbons (Fsp3) is 0.188. The molecule has 7 heteroatoms. The van der Waals surface area contributed by atoms with Crippen molar-refractivity contribution >= 4 is 6.21 Å². The SMILES string of the molecule is COc1ccc(C=NOCc2ccc(OC(F)(F)F)cc2)cc1. The van der Waals surface area contributed by atoms with E-state index in [1.54, 1.807) is 19.2 Å². The summed E-state index contributed by atoms with van der Waals surface area (Å²) in [5.74, 6) is 0.465. The summed E-state index contributed by atoms with van der Waals surface area (Å²) >= 11 is 0. The zero-order valence-electron chi connectivity index (χ0n) is 12.2. The average Bonchev–Trinajstić information content (AvgIpc) is 2.52. The Hall–Kier alpha value is -2.70. The van der Waals surface area contributed by atoms with Crippen molar-refractivity contribution in [3.05, 3.63) is 59.7 Å². The molecule has 0 aliphatic carbocycles. The highest BCUT2D eigenvalue weighted by Crippen LogP contribution is 2.22. The number of benzene rings is 2. The number of rotatable bonds is 6. The minimum Gasteiger partial charge on any atom is -0.497 e. The lowest BCUT2D eigenvalue weighted by molar-refractivity contribution is -0.274. The molecular formula is C16H14F3NO3. The number of alkyl halides is 3. The van der Waals surface area contributed by atoms with Crippen LogP contribution in [0.1, 0.15) is 11.1 Å². The van der Waals surface area contributed by atoms with Crippen LogP contribution >= 0.6 is 0 Å². The van der Waals surface area contributed by atoms with Crippen molar-refractivity contribution in [3.8, 4) is 11.5 Å². The van der Waals surface area contributed by atoms with Gasteiger partial charge in [0.15, 0.2) is 0 Å². The minimum absolute atomic E-state index is 0.138. The Morgan fingerprint density at radius 3 is 2.13 bits per heavy atom. The van der Waals surface area contributed by atoms with Crippen molar-refractivity contribution < 1.29 is 27.5 Å². The molecule has 0 radical (unpaired) electrons. The molecule has 4 nitrogen and oxygen atoms in total. The molecule has 0 bridgehead atoms. The normalized spacial score (nSPS) is 11.5. The Morgan fingerprint density at radius 2 is 1.57 bits per heavy atom. The van der Waals surface area contributed by atoms with Gasteiger partial charge in [0.1, 0.15) is 18.1 Å². The van der Waals surface area contributed by atoms with E-state index in [0.29, 0.717) is 5.56 Å². The topological polar surface area (TPSA) is 40.0 Å². The first-order valence-electron chi connectivity index (χ1n) is 6.60. The standard InChI is InChI=1S/C16H14F3NO3/c1-21-14-6-2-12(3-7-14)10-20-22-11-13-4-8-15(9-5-13)23-16(17,18)19/h2-10H,11H2,1H3. The van der Waals surface area contributed by atoms with Gasteiger partial charge in [-0.25, -0.2) is 0 Å². The van der Waals surface area contributed by atoms with Crippen molar-refractivity contribution in [2.24, 2.45) is 5.16 Å². The number of oxime groups is 1. The van der Waals surface area contributed by atoms with Crippen LogP contribution in [0.25, 0.3) is 0 Å². The van der Waals surface area contributed by atoms with E-state index in [9.17, 15) is 13.2 Å². The molecule has 0 aliphatic heterocycles. The van der Waals surface area contributed by atoms with E-state index in [1.165, 1.54) is 30.5 Å². The van der Waals surface area contributed by atoms with Crippen molar-refractivity contribution in [2.45, 2.75) is 13.0 Å². The van der Waals surface area contributed by atoms with Crippen LogP contribution < -0.4 is 9.47 Å². The van der Waals surface area contributed by atoms with Crippen LogP contribution in [0.15, 0.2) is 53.7 Å². The highest BCUT2D eigenvalue weighted by molar-refractivity contribution is 5.79. The number of hydrogen-bond donors (Lipinski definition) is 0. The van der Waals surface area contributed by atoms with Crippen molar-refractivity contribution in [1.82, 2.24) is 0 Å². The Balaban J connectivity index is 1.82. The Bertz CT molecular complexity index is 637. The molecule has 122 valence electrons. The van der Waals surface area contributed by atoms with Gasteiger partial charge in [-0.3, -0.25) is 0 Å². The number of halogens is 3. The Labute approximate surface area is 131 Å². The van der Waals surface area contributed by atoms with Crippen LogP contribution in [0.5, 0.6) is 11.5 Å². The summed E-state index contributed by atoms with van der Waals surface area (Å²) in [5.41, 5.74) is 1.51. The van der Waals surface area contributed by atoms with Crippen molar-refractivity contribution in [3.63, 3.8) is 0 Å². The fourth-order valence-electron chi connectivity index (χ4n) is 1.69. The van der Waals surface area contributed by atoms with E-state index in [-0.39, 0.29) is 12.4 Å². The van der Waals surface area contributed by atoms with Gasteiger partial charge >= 0.3 is 6.36 Å². The first kappa shape index (κ1) is 16.7. The molecule has 0 N–H and O–H groups in total. The molecule has 0 aromatic heterocycles. The van der Waals surface area contributed by atoms with Gasteiger partial charge in [-0.2, -0.15) is 0 Å². The molecule has 2 rings (SSSR count). The van der Waals surface area contributed by atoms with Crippen molar-refractivity contribution in [1.29, 1.82) is 0 Å². The minimum atomic E-state index is -4.69. The maximum Gasteiger partial charge on any atom is 0.573 e. The second kappa shape index (κ2) is 7.53. The third kappa shape index (κ3) is 5.90. The van der Waals surface area contributed by atoms with Gasteiger partial charge in [0.25, 0.3) is 0 Å². The molecule has 23 heavy (non-hydrogen) atoms. The molecule has 0 unspecified atom stereocenters. The Morgan fingerprint density at radius 1 is 0.957 bits per heavy atom. The van der Waals surface area contributed by atoms with Gasteiger partial charge in [0.2, 0.25) is 0 Å². The second-order valence-corrected chi connectivity index (χ2v) is 4.47. The molecule has 0 saturated heterocycles. The number of ether oxygens (including phenoxy) is 2. The zero-order chi connectivity index (χ0) is 16.7. The van der Waals surface area contributed by atoms with Crippen LogP contribution in [0.3, 0.4) is 0 Å². The average molecular weight is 325 g/mol. The largest absolute Gasteiger partial charge is 0.573 e. The summed E-state index contributed by atoms with van der Waals surface area (Å²) in [6.45, 7) is 0.138. The van der Waals surface area contributed by atoms with Crippen LogP contribution in [-0.4, -0.2) is 19.7 Å². The summed E-state index contributed by atoms with van der Waals surface area (Å²) in [5, 5.41) is 3.80. The van der Waals surface area contributed by atoms with E-state index in [4.69, 9.17) is 9.57 Å². The second-order valence-electron chi connectivity index (χ2n) is 4.47. The monoisotopic (exact) mass is 325 g/mol. The third-order valence-electron chi connectivity index (χ3n) is 2.78. The fourth-order valence-corrected chi connectivity index (χ4v) is 1.69. The molecule has 2 aromatic carbocycles. The smallest absolute Gasteiger partial charge is 0.497 e. The molecule has 0 fully saturated rings. The number of methoxy groups -OCH3 is 1. The van der Waals surface area contributed by atoms with E-state index >= 15 is 0 Å². The van der Waals surface area contributed by atoms with E-state index < -0.39 is 6.36 Å². The zero-order valence-corrected chi connectivity index (χ0v) is 12.2. The molecule has 0 saturated carbocycles. The van der Waals surface area contributed by atoms with Gasteiger partial charge < -0.3 is 14.3 Å². The lowest BCUT2D eigenvalue weighted by atomic mass is 10.2. The summed E-state index contributed by atoms with van der Waals surface area (Å²) < 4.78 is 44.9. The molecule has 0 heterocycles. The summed E-state index contributed by atoms with van der Waals surface area (Å²) in [6, 6.07) is 12.6. The van der Waals surface area contributed by atoms with Crippen molar-refractivity contribution in [2.75, 3.05) is 7.11 Å². The first-order chi connectivity index (χ1) is 11.0. The molecule has 0 amide bonds. The van der Waals surface area contributed by atoms with Crippen LogP contribution in [0.2, 0.25) is 0 Å². The van der Waals surface area contributed by atoms with Gasteiger partial charge in [-0.05, 0) is 47.5 Å². The lowest BCUT2D eigenvalue weighted by Gasteiger charge is -2.08. The maximum absolute atomic E-state index is 12.0. The van der Waals surface area contributed by atoms with Crippen LogP contribution in [0.4, 0.5) is 13.2 Å². The van der Waals surface area contributed by atoms with Crippen LogP contribution in [-0.2, 0) is 11.4 Å². The molecular weight excluding hydrogens is 311 g/mol. The Kier molecular flexibility index (Phi) is 5.46. The number of nitrogens with zero attached hydrogens (tertiary/aromatic N) is 1. The van der Waals surface area contributed by atoms with Gasteiger partial charge in [-0.1, -0.05) is 17.3 Å². The van der Waals surface area contributed by atoms with E-state index in [0.717, 1.165) is 11.3 Å². The van der Waals surface area contributed by atoms with E-state index in [2.05, 4.69) is 9.89 Å². The van der Waals surface area contributed by atoms with Gasteiger partial charge in [0, 0.05) is 0 Å². The maximum atomic E-state index is 12.0. The summed E-state index contributed by atoms with van der Waals surface area (Å²) in [6.07, 6.45) is -3.17. The number of hydrogen-bond acceptors (Lipinski definition) is 4. The lowest BCUT2D eigenvalue weighted by Crippen LogP contribution is -2.17. The van der Waals surface area contributed by atoms with Gasteiger partial charge in [-0.15, -0.1) is 13.2 Å². The summed E-state index contributed by atoms with van der Waals surface area (Å²) in [4.78, 5) is 5.10. The molecule has 2 aromatic rings.